The predicted octanol–water partition coefficient (Wildman–Crippen LogP) is 1.81. The monoisotopic (exact) mass is 299 g/mol. The fraction of sp³-hybridized carbons (Fsp3) is 0.600. The average Bonchev–Trinajstić information content (AvgIpc) is 2.54. The Morgan fingerprint density at radius 3 is 2.47 bits per heavy atom. The molecule has 1 heterocycles. The minimum atomic E-state index is -0.132. The highest BCUT2D eigenvalue weighted by molar-refractivity contribution is 7.11. The van der Waals surface area contributed by atoms with Crippen LogP contribution in [-0.2, 0) is 11.3 Å². The van der Waals surface area contributed by atoms with E-state index >= 15 is 0 Å². The van der Waals surface area contributed by atoms with Crippen LogP contribution in [0.2, 0.25) is 0 Å². The van der Waals surface area contributed by atoms with E-state index < -0.39 is 0 Å². The molecule has 100 valence electrons. The van der Waals surface area contributed by atoms with E-state index in [-0.39, 0.29) is 36.6 Å². The van der Waals surface area contributed by atoms with E-state index in [0.717, 1.165) is 10.7 Å². The molecular formula is C10H19Cl2N3OS. The molecule has 1 aromatic heterocycles. The molecule has 4 nitrogen and oxygen atoms in total. The lowest BCUT2D eigenvalue weighted by molar-refractivity contribution is -0.124. The van der Waals surface area contributed by atoms with Gasteiger partial charge in [-0.25, -0.2) is 4.98 Å². The predicted molar refractivity (Wildman–Crippen MR) is 76.1 cm³/mol. The van der Waals surface area contributed by atoms with Crippen molar-refractivity contribution in [3.63, 3.8) is 0 Å². The van der Waals surface area contributed by atoms with E-state index in [4.69, 9.17) is 5.73 Å². The number of nitrogens with two attached hydrogens (primary N) is 1. The number of halogens is 2. The highest BCUT2D eigenvalue weighted by Gasteiger charge is 2.11. The number of carbonyl (C=O) groups is 1. The summed E-state index contributed by atoms with van der Waals surface area (Å²) in [4.78, 5) is 17.0. The van der Waals surface area contributed by atoms with Gasteiger partial charge in [0.1, 0.15) is 5.01 Å². The van der Waals surface area contributed by atoms with Crippen molar-refractivity contribution in [2.75, 3.05) is 6.54 Å². The first-order valence-corrected chi connectivity index (χ1v) is 5.77. The summed E-state index contributed by atoms with van der Waals surface area (Å²) in [5.74, 6) is -0.143. The second-order valence-electron chi connectivity index (χ2n) is 3.60. The third-order valence-electron chi connectivity index (χ3n) is 2.29. The fourth-order valence-corrected chi connectivity index (χ4v) is 1.93. The average molecular weight is 300 g/mol. The Balaban J connectivity index is 0. The minimum absolute atomic E-state index is 0. The fourth-order valence-electron chi connectivity index (χ4n) is 1.06. The molecule has 1 aromatic rings. The van der Waals surface area contributed by atoms with Crippen LogP contribution < -0.4 is 11.1 Å². The van der Waals surface area contributed by atoms with Gasteiger partial charge in [0, 0.05) is 17.3 Å². The van der Waals surface area contributed by atoms with Gasteiger partial charge in [-0.3, -0.25) is 4.79 Å². The zero-order chi connectivity index (χ0) is 11.4. The van der Waals surface area contributed by atoms with Gasteiger partial charge in [-0.2, -0.15) is 0 Å². The van der Waals surface area contributed by atoms with Crippen LogP contribution in [-0.4, -0.2) is 17.4 Å². The molecule has 7 heteroatoms. The molecule has 0 aromatic carbocycles. The first-order chi connectivity index (χ1) is 7.04. The summed E-state index contributed by atoms with van der Waals surface area (Å²) in [6, 6.07) is 0. The molecule has 1 atom stereocenters. The molecule has 0 saturated carbocycles. The van der Waals surface area contributed by atoms with E-state index in [1.165, 1.54) is 4.88 Å². The Morgan fingerprint density at radius 1 is 1.47 bits per heavy atom. The lowest BCUT2D eigenvalue weighted by atomic mass is 10.2. The third-order valence-corrected chi connectivity index (χ3v) is 3.36. The summed E-state index contributed by atoms with van der Waals surface area (Å²) in [6.07, 6.45) is 0. The van der Waals surface area contributed by atoms with Crippen molar-refractivity contribution in [2.45, 2.75) is 27.3 Å². The second-order valence-corrected chi connectivity index (χ2v) is 4.89. The van der Waals surface area contributed by atoms with Crippen LogP contribution in [0.4, 0.5) is 0 Å². The highest BCUT2D eigenvalue weighted by atomic mass is 35.5. The van der Waals surface area contributed by atoms with Gasteiger partial charge in [0.25, 0.3) is 0 Å². The number of nitrogens with one attached hydrogen (secondary N) is 1. The van der Waals surface area contributed by atoms with E-state index in [1.807, 2.05) is 20.8 Å². The molecule has 3 N–H and O–H groups in total. The summed E-state index contributed by atoms with van der Waals surface area (Å²) < 4.78 is 0. The van der Waals surface area contributed by atoms with E-state index in [2.05, 4.69) is 10.3 Å². The van der Waals surface area contributed by atoms with Crippen molar-refractivity contribution < 1.29 is 4.79 Å². The molecule has 0 fully saturated rings. The van der Waals surface area contributed by atoms with Crippen molar-refractivity contribution in [1.82, 2.24) is 10.3 Å². The van der Waals surface area contributed by atoms with Gasteiger partial charge < -0.3 is 11.1 Å². The molecule has 0 aliphatic rings. The van der Waals surface area contributed by atoms with Crippen molar-refractivity contribution in [3.8, 4) is 0 Å². The summed E-state index contributed by atoms with van der Waals surface area (Å²) >= 11 is 1.62. The molecular weight excluding hydrogens is 281 g/mol. The van der Waals surface area contributed by atoms with Gasteiger partial charge >= 0.3 is 0 Å². The number of nitrogens with zero attached hydrogens (tertiary/aromatic N) is 1. The minimum Gasteiger partial charge on any atom is -0.349 e. The maximum absolute atomic E-state index is 11.4. The Kier molecular flexibility index (Phi) is 9.71. The van der Waals surface area contributed by atoms with Crippen LogP contribution in [0, 0.1) is 19.8 Å². The molecule has 0 saturated heterocycles. The maximum atomic E-state index is 11.4. The second kappa shape index (κ2) is 8.69. The van der Waals surface area contributed by atoms with Crippen LogP contribution in [0.5, 0.6) is 0 Å². The Labute approximate surface area is 118 Å². The van der Waals surface area contributed by atoms with E-state index in [1.54, 1.807) is 11.3 Å². The Morgan fingerprint density at radius 2 is 2.06 bits per heavy atom. The first-order valence-electron chi connectivity index (χ1n) is 4.95. The topological polar surface area (TPSA) is 68.0 Å². The maximum Gasteiger partial charge on any atom is 0.224 e. The number of carbonyl (C=O) groups excluding carboxylic acids is 1. The lowest BCUT2D eigenvalue weighted by Gasteiger charge is -2.07. The van der Waals surface area contributed by atoms with Crippen LogP contribution >= 0.6 is 36.2 Å². The molecule has 1 unspecified atom stereocenters. The van der Waals surface area contributed by atoms with Crippen molar-refractivity contribution >= 4 is 42.1 Å². The van der Waals surface area contributed by atoms with Crippen LogP contribution in [0.15, 0.2) is 0 Å². The molecule has 1 rings (SSSR count). The SMILES string of the molecule is Cc1nc(CNC(=O)C(C)CN)sc1C.Cl.Cl. The quantitative estimate of drug-likeness (QED) is 0.891. The van der Waals surface area contributed by atoms with Crippen molar-refractivity contribution in [3.05, 3.63) is 15.6 Å². The number of hydrogen-bond donors (Lipinski definition) is 2. The van der Waals surface area contributed by atoms with E-state index in [9.17, 15) is 4.79 Å². The normalized spacial score (nSPS) is 11.1. The molecule has 1 amide bonds. The molecule has 0 bridgehead atoms. The number of aryl methyl sites for hydroxylation is 2. The smallest absolute Gasteiger partial charge is 0.224 e. The van der Waals surface area contributed by atoms with Crippen LogP contribution in [0.1, 0.15) is 22.5 Å². The van der Waals surface area contributed by atoms with E-state index in [0.29, 0.717) is 13.1 Å². The molecule has 0 radical (unpaired) electrons. The first kappa shape index (κ1) is 19.0. The molecule has 0 spiro atoms. The van der Waals surface area contributed by atoms with Gasteiger partial charge in [-0.05, 0) is 13.8 Å². The van der Waals surface area contributed by atoms with Gasteiger partial charge in [0.2, 0.25) is 5.91 Å². The van der Waals surface area contributed by atoms with Gasteiger partial charge in [0.05, 0.1) is 12.2 Å². The van der Waals surface area contributed by atoms with Crippen molar-refractivity contribution in [1.29, 1.82) is 0 Å². The summed E-state index contributed by atoms with van der Waals surface area (Å²) in [5, 5.41) is 3.77. The van der Waals surface area contributed by atoms with Crippen LogP contribution in [0.3, 0.4) is 0 Å². The summed E-state index contributed by atoms with van der Waals surface area (Å²) in [7, 11) is 0. The zero-order valence-corrected chi connectivity index (χ0v) is 12.6. The third kappa shape index (κ3) is 5.68. The number of rotatable bonds is 4. The van der Waals surface area contributed by atoms with Gasteiger partial charge in [-0.15, -0.1) is 36.2 Å². The van der Waals surface area contributed by atoms with Crippen molar-refractivity contribution in [2.24, 2.45) is 11.7 Å². The standard InChI is InChI=1S/C10H17N3OS.2ClH/c1-6(4-11)10(14)12-5-9-13-7(2)8(3)15-9;;/h6H,4-5,11H2,1-3H3,(H,12,14);2*1H. The molecule has 17 heavy (non-hydrogen) atoms. The number of amides is 1. The zero-order valence-electron chi connectivity index (χ0n) is 10.1. The Bertz CT molecular complexity index is 338. The van der Waals surface area contributed by atoms with Gasteiger partial charge in [0.15, 0.2) is 0 Å². The molecule has 0 aliphatic heterocycles. The number of thiazole rings is 1. The highest BCUT2D eigenvalue weighted by Crippen LogP contribution is 2.15. The summed E-state index contributed by atoms with van der Waals surface area (Å²) in [6.45, 7) is 6.69. The van der Waals surface area contributed by atoms with Gasteiger partial charge in [-0.1, -0.05) is 6.92 Å². The molecule has 0 aliphatic carbocycles. The largest absolute Gasteiger partial charge is 0.349 e. The van der Waals surface area contributed by atoms with Crippen LogP contribution in [0.25, 0.3) is 0 Å². The lowest BCUT2D eigenvalue weighted by Crippen LogP contribution is -2.32. The number of hydrogen-bond acceptors (Lipinski definition) is 4. The summed E-state index contributed by atoms with van der Waals surface area (Å²) in [5.41, 5.74) is 6.43. The number of aromatic nitrogens is 1. The Hall–Kier alpha value is -0.360.